The van der Waals surface area contributed by atoms with E-state index < -0.39 is 0 Å². The highest BCUT2D eigenvalue weighted by Gasteiger charge is 2.08. The van der Waals surface area contributed by atoms with Gasteiger partial charge in [0.15, 0.2) is 0 Å². The summed E-state index contributed by atoms with van der Waals surface area (Å²) < 4.78 is 7.72. The fraction of sp³-hybridized carbons (Fsp3) is 0.308. The molecule has 0 atom stereocenters. The van der Waals surface area contributed by atoms with Crippen molar-refractivity contribution in [2.45, 2.75) is 13.2 Å². The number of nitrogens with one attached hydrogen (secondary N) is 1. The Morgan fingerprint density at radius 2 is 2.28 bits per heavy atom. The summed E-state index contributed by atoms with van der Waals surface area (Å²) >= 11 is 6.16. The van der Waals surface area contributed by atoms with Crippen molar-refractivity contribution in [2.24, 2.45) is 7.05 Å². The molecule has 2 aromatic rings. The number of imidazole rings is 1. The van der Waals surface area contributed by atoms with Gasteiger partial charge in [0.25, 0.3) is 0 Å². The highest BCUT2D eigenvalue weighted by molar-refractivity contribution is 6.31. The maximum atomic E-state index is 6.16. The van der Waals surface area contributed by atoms with Gasteiger partial charge in [0, 0.05) is 36.6 Å². The number of nitrogens with zero attached hydrogens (tertiary/aromatic N) is 2. The number of hydrogen-bond donors (Lipinski definition) is 1. The highest BCUT2D eigenvalue weighted by atomic mass is 35.5. The summed E-state index contributed by atoms with van der Waals surface area (Å²) in [6.45, 7) is 1.11. The van der Waals surface area contributed by atoms with Crippen LogP contribution in [0.25, 0.3) is 0 Å². The molecule has 0 aliphatic rings. The van der Waals surface area contributed by atoms with E-state index >= 15 is 0 Å². The van der Waals surface area contributed by atoms with Gasteiger partial charge in [0.1, 0.15) is 18.2 Å². The first-order valence-electron chi connectivity index (χ1n) is 5.73. The molecular weight excluding hydrogens is 250 g/mol. The Labute approximate surface area is 112 Å². The van der Waals surface area contributed by atoms with Crippen LogP contribution in [-0.4, -0.2) is 16.6 Å². The topological polar surface area (TPSA) is 39.1 Å². The smallest absolute Gasteiger partial charge is 0.146 e. The predicted octanol–water partition coefficient (Wildman–Crippen LogP) is 2.37. The third kappa shape index (κ3) is 2.83. The molecule has 0 spiro atoms. The van der Waals surface area contributed by atoms with Gasteiger partial charge >= 0.3 is 0 Å². The lowest BCUT2D eigenvalue weighted by Crippen LogP contribution is -2.09. The summed E-state index contributed by atoms with van der Waals surface area (Å²) in [6, 6.07) is 5.67. The van der Waals surface area contributed by atoms with Crippen LogP contribution in [0.3, 0.4) is 0 Å². The number of benzene rings is 1. The largest absolute Gasteiger partial charge is 0.485 e. The van der Waals surface area contributed by atoms with Crippen LogP contribution in [0.4, 0.5) is 0 Å². The van der Waals surface area contributed by atoms with E-state index in [1.807, 2.05) is 43.1 Å². The van der Waals surface area contributed by atoms with Crippen LogP contribution in [0.15, 0.2) is 30.6 Å². The molecule has 0 bridgehead atoms. The Bertz CT molecular complexity index is 525. The van der Waals surface area contributed by atoms with Crippen molar-refractivity contribution in [3.8, 4) is 5.75 Å². The van der Waals surface area contributed by atoms with Crippen molar-refractivity contribution in [2.75, 3.05) is 7.05 Å². The van der Waals surface area contributed by atoms with E-state index in [9.17, 15) is 0 Å². The Morgan fingerprint density at radius 3 is 2.94 bits per heavy atom. The minimum absolute atomic E-state index is 0.431. The summed E-state index contributed by atoms with van der Waals surface area (Å²) in [6.07, 6.45) is 3.65. The van der Waals surface area contributed by atoms with Gasteiger partial charge in [-0.1, -0.05) is 17.7 Å². The van der Waals surface area contributed by atoms with Crippen molar-refractivity contribution in [1.29, 1.82) is 0 Å². The van der Waals surface area contributed by atoms with E-state index in [4.69, 9.17) is 16.3 Å². The Balaban J connectivity index is 2.14. The second-order valence-electron chi connectivity index (χ2n) is 3.99. The quantitative estimate of drug-likeness (QED) is 0.902. The van der Waals surface area contributed by atoms with Gasteiger partial charge < -0.3 is 14.6 Å². The Hall–Kier alpha value is -1.52. The van der Waals surface area contributed by atoms with Gasteiger partial charge in [-0.3, -0.25) is 0 Å². The molecule has 0 unspecified atom stereocenters. The van der Waals surface area contributed by atoms with E-state index in [0.717, 1.165) is 17.1 Å². The number of ether oxygens (including phenoxy) is 1. The van der Waals surface area contributed by atoms with Gasteiger partial charge in [-0.2, -0.15) is 0 Å². The van der Waals surface area contributed by atoms with Crippen molar-refractivity contribution >= 4 is 11.6 Å². The summed E-state index contributed by atoms with van der Waals surface area (Å²) in [5.41, 5.74) is 0.968. The maximum Gasteiger partial charge on any atom is 0.146 e. The van der Waals surface area contributed by atoms with E-state index in [1.165, 1.54) is 0 Å². The fourth-order valence-corrected chi connectivity index (χ4v) is 1.93. The molecule has 0 fully saturated rings. The number of hydrogen-bond acceptors (Lipinski definition) is 3. The zero-order valence-electron chi connectivity index (χ0n) is 10.5. The third-order valence-electron chi connectivity index (χ3n) is 2.71. The Morgan fingerprint density at radius 1 is 1.44 bits per heavy atom. The second-order valence-corrected chi connectivity index (χ2v) is 4.40. The number of aryl methyl sites for hydroxylation is 1. The molecule has 0 saturated carbocycles. The second kappa shape index (κ2) is 5.89. The summed E-state index contributed by atoms with van der Waals surface area (Å²) in [7, 11) is 3.82. The predicted molar refractivity (Wildman–Crippen MR) is 71.8 cm³/mol. The van der Waals surface area contributed by atoms with Crippen LogP contribution >= 0.6 is 11.6 Å². The minimum atomic E-state index is 0.431. The number of rotatable bonds is 5. The van der Waals surface area contributed by atoms with Gasteiger partial charge in [-0.05, 0) is 19.2 Å². The van der Waals surface area contributed by atoms with Crippen LogP contribution in [0, 0.1) is 0 Å². The van der Waals surface area contributed by atoms with Crippen LogP contribution in [0.1, 0.15) is 11.4 Å². The van der Waals surface area contributed by atoms with E-state index in [0.29, 0.717) is 18.2 Å². The first kappa shape index (κ1) is 12.9. The van der Waals surface area contributed by atoms with E-state index in [2.05, 4.69) is 10.3 Å². The molecule has 0 aliphatic carbocycles. The summed E-state index contributed by atoms with van der Waals surface area (Å²) in [5.74, 6) is 1.67. The van der Waals surface area contributed by atoms with E-state index in [-0.39, 0.29) is 0 Å². The lowest BCUT2D eigenvalue weighted by molar-refractivity contribution is 0.288. The molecule has 1 aromatic heterocycles. The molecule has 1 N–H and O–H groups in total. The standard InChI is InChI=1S/C13H16ClN3O/c1-15-8-10-11(14)4-3-5-12(10)18-9-13-16-6-7-17(13)2/h3-7,15H,8-9H2,1-2H3. The number of halogens is 1. The minimum Gasteiger partial charge on any atom is -0.485 e. The normalized spacial score (nSPS) is 10.6. The molecule has 1 heterocycles. The Kier molecular flexibility index (Phi) is 4.23. The molecule has 1 aromatic carbocycles. The SMILES string of the molecule is CNCc1c(Cl)cccc1OCc1nccn1C. The molecule has 5 heteroatoms. The van der Waals surface area contributed by atoms with Crippen LogP contribution in [0.5, 0.6) is 5.75 Å². The maximum absolute atomic E-state index is 6.16. The molecule has 0 aliphatic heterocycles. The molecule has 0 radical (unpaired) electrons. The fourth-order valence-electron chi connectivity index (χ4n) is 1.70. The van der Waals surface area contributed by atoms with Gasteiger partial charge in [0.2, 0.25) is 0 Å². The molecular formula is C13H16ClN3O. The lowest BCUT2D eigenvalue weighted by atomic mass is 10.2. The average molecular weight is 266 g/mol. The van der Waals surface area contributed by atoms with Gasteiger partial charge in [0.05, 0.1) is 0 Å². The van der Waals surface area contributed by atoms with Crippen molar-refractivity contribution < 1.29 is 4.74 Å². The van der Waals surface area contributed by atoms with Crippen LogP contribution < -0.4 is 10.1 Å². The van der Waals surface area contributed by atoms with Crippen LogP contribution in [-0.2, 0) is 20.2 Å². The molecule has 0 saturated heterocycles. The van der Waals surface area contributed by atoms with E-state index in [1.54, 1.807) is 6.20 Å². The van der Waals surface area contributed by atoms with Gasteiger partial charge in [-0.15, -0.1) is 0 Å². The third-order valence-corrected chi connectivity index (χ3v) is 3.06. The zero-order valence-corrected chi connectivity index (χ0v) is 11.2. The first-order valence-corrected chi connectivity index (χ1v) is 6.11. The van der Waals surface area contributed by atoms with Crippen molar-refractivity contribution in [3.63, 3.8) is 0 Å². The van der Waals surface area contributed by atoms with Crippen molar-refractivity contribution in [1.82, 2.24) is 14.9 Å². The first-order chi connectivity index (χ1) is 8.72. The summed E-state index contributed by atoms with van der Waals surface area (Å²) in [4.78, 5) is 4.22. The zero-order chi connectivity index (χ0) is 13.0. The van der Waals surface area contributed by atoms with Crippen molar-refractivity contribution in [3.05, 3.63) is 47.0 Å². The lowest BCUT2D eigenvalue weighted by Gasteiger charge is -2.12. The average Bonchev–Trinajstić information content (AvgIpc) is 2.76. The molecule has 0 amide bonds. The molecule has 18 heavy (non-hydrogen) atoms. The highest BCUT2D eigenvalue weighted by Crippen LogP contribution is 2.26. The van der Waals surface area contributed by atoms with Gasteiger partial charge in [-0.25, -0.2) is 4.98 Å². The summed E-state index contributed by atoms with van der Waals surface area (Å²) in [5, 5.41) is 3.79. The monoisotopic (exact) mass is 265 g/mol. The molecule has 2 rings (SSSR count). The molecule has 4 nitrogen and oxygen atoms in total. The number of aromatic nitrogens is 2. The molecule has 96 valence electrons. The van der Waals surface area contributed by atoms with Crippen LogP contribution in [0.2, 0.25) is 5.02 Å².